The predicted molar refractivity (Wildman–Crippen MR) is 133 cm³/mol. The number of fused-ring (bicyclic) bond motifs is 1. The molecule has 2 aliphatic rings. The van der Waals surface area contributed by atoms with Crippen LogP contribution >= 0.6 is 0 Å². The molecule has 0 bridgehead atoms. The molecule has 0 spiro atoms. The highest BCUT2D eigenvalue weighted by molar-refractivity contribution is 6.36. The van der Waals surface area contributed by atoms with E-state index in [0.717, 1.165) is 35.4 Å². The SMILES string of the molecule is CC(C)Oc1ccc(C2=C(N3CCCc4ccccc43)C(=O)N(Cc3ccccc3)C2=O)cc1. The number of anilines is 1. The van der Waals surface area contributed by atoms with Crippen molar-refractivity contribution < 1.29 is 14.3 Å². The summed E-state index contributed by atoms with van der Waals surface area (Å²) in [5, 5.41) is 0. The first-order valence-corrected chi connectivity index (χ1v) is 11.8. The number of ether oxygens (including phenoxy) is 1. The second kappa shape index (κ2) is 9.18. The van der Waals surface area contributed by atoms with Crippen LogP contribution in [0.25, 0.3) is 5.57 Å². The number of hydrogen-bond acceptors (Lipinski definition) is 4. The van der Waals surface area contributed by atoms with Gasteiger partial charge in [0, 0.05) is 12.2 Å². The number of hydrogen-bond donors (Lipinski definition) is 0. The Hall–Kier alpha value is -3.86. The second-order valence-electron chi connectivity index (χ2n) is 8.98. The van der Waals surface area contributed by atoms with Crippen molar-refractivity contribution in [3.63, 3.8) is 0 Å². The van der Waals surface area contributed by atoms with Crippen LogP contribution in [0, 0.1) is 0 Å². The molecular formula is C29H28N2O3. The molecule has 0 radical (unpaired) electrons. The van der Waals surface area contributed by atoms with Crippen molar-refractivity contribution in [3.8, 4) is 5.75 Å². The predicted octanol–water partition coefficient (Wildman–Crippen LogP) is 5.21. The van der Waals surface area contributed by atoms with Crippen molar-refractivity contribution in [3.05, 3.63) is 101 Å². The van der Waals surface area contributed by atoms with Gasteiger partial charge in [-0.25, -0.2) is 0 Å². The van der Waals surface area contributed by atoms with Crippen molar-refractivity contribution in [2.75, 3.05) is 11.4 Å². The maximum Gasteiger partial charge on any atom is 0.278 e. The normalized spacial score (nSPS) is 15.9. The molecular weight excluding hydrogens is 424 g/mol. The Labute approximate surface area is 200 Å². The summed E-state index contributed by atoms with van der Waals surface area (Å²) < 4.78 is 5.78. The lowest BCUT2D eigenvalue weighted by Crippen LogP contribution is -2.36. The van der Waals surface area contributed by atoms with Gasteiger partial charge < -0.3 is 9.64 Å². The largest absolute Gasteiger partial charge is 0.491 e. The minimum atomic E-state index is -0.260. The number of imide groups is 1. The van der Waals surface area contributed by atoms with E-state index in [1.807, 2.05) is 91.5 Å². The van der Waals surface area contributed by atoms with Gasteiger partial charge in [-0.15, -0.1) is 0 Å². The van der Waals surface area contributed by atoms with E-state index in [2.05, 4.69) is 6.07 Å². The number of benzene rings is 3. The third kappa shape index (κ3) is 4.10. The lowest BCUT2D eigenvalue weighted by atomic mass is 9.98. The summed E-state index contributed by atoms with van der Waals surface area (Å²) in [6, 6.07) is 25.3. The number of nitrogens with zero attached hydrogens (tertiary/aromatic N) is 2. The number of aryl methyl sites for hydroxylation is 1. The van der Waals surface area contributed by atoms with Crippen molar-refractivity contribution in [1.82, 2.24) is 4.90 Å². The van der Waals surface area contributed by atoms with Crippen LogP contribution in [-0.4, -0.2) is 29.4 Å². The van der Waals surface area contributed by atoms with Crippen molar-refractivity contribution in [2.24, 2.45) is 0 Å². The summed E-state index contributed by atoms with van der Waals surface area (Å²) in [5.74, 6) is 0.231. The number of carbonyl (C=O) groups excluding carboxylic acids is 2. The standard InChI is InChI=1S/C29H28N2O3/c1-20(2)34-24-16-14-23(15-17-24)26-27(30-18-8-12-22-11-6-7-13-25(22)30)29(33)31(28(26)32)19-21-9-4-3-5-10-21/h3-7,9-11,13-17,20H,8,12,18-19H2,1-2H3. The Bertz CT molecular complexity index is 1250. The summed E-state index contributed by atoms with van der Waals surface area (Å²) in [6.07, 6.45) is 1.95. The molecule has 0 aliphatic carbocycles. The van der Waals surface area contributed by atoms with Gasteiger partial charge in [0.15, 0.2) is 0 Å². The minimum Gasteiger partial charge on any atom is -0.491 e. The highest BCUT2D eigenvalue weighted by atomic mass is 16.5. The Kier molecular flexibility index (Phi) is 5.93. The van der Waals surface area contributed by atoms with Crippen molar-refractivity contribution in [1.29, 1.82) is 0 Å². The lowest BCUT2D eigenvalue weighted by Gasteiger charge is -2.32. The fourth-order valence-electron chi connectivity index (χ4n) is 4.72. The molecule has 5 heteroatoms. The molecule has 34 heavy (non-hydrogen) atoms. The highest BCUT2D eigenvalue weighted by Crippen LogP contribution is 2.38. The molecule has 0 aromatic heterocycles. The molecule has 0 atom stereocenters. The van der Waals surface area contributed by atoms with Crippen LogP contribution in [0.1, 0.15) is 37.0 Å². The second-order valence-corrected chi connectivity index (χ2v) is 8.98. The number of amides is 2. The fraction of sp³-hybridized carbons (Fsp3) is 0.241. The van der Waals surface area contributed by atoms with Crippen LogP contribution < -0.4 is 9.64 Å². The molecule has 5 nitrogen and oxygen atoms in total. The molecule has 3 aromatic carbocycles. The van der Waals surface area contributed by atoms with Crippen LogP contribution in [0.2, 0.25) is 0 Å². The van der Waals surface area contributed by atoms with E-state index < -0.39 is 0 Å². The van der Waals surface area contributed by atoms with Crippen LogP contribution in [0.15, 0.2) is 84.6 Å². The maximum absolute atomic E-state index is 13.8. The van der Waals surface area contributed by atoms with E-state index in [-0.39, 0.29) is 24.5 Å². The number of carbonyl (C=O) groups is 2. The Morgan fingerprint density at radius 2 is 1.56 bits per heavy atom. The Morgan fingerprint density at radius 1 is 0.853 bits per heavy atom. The van der Waals surface area contributed by atoms with Crippen molar-refractivity contribution >= 4 is 23.1 Å². The van der Waals surface area contributed by atoms with E-state index >= 15 is 0 Å². The van der Waals surface area contributed by atoms with Gasteiger partial charge in [0.1, 0.15) is 11.4 Å². The fourth-order valence-corrected chi connectivity index (χ4v) is 4.72. The van der Waals surface area contributed by atoms with Crippen molar-refractivity contribution in [2.45, 2.75) is 39.3 Å². The Balaban J connectivity index is 1.59. The lowest BCUT2D eigenvalue weighted by molar-refractivity contribution is -0.137. The quantitative estimate of drug-likeness (QED) is 0.482. The summed E-state index contributed by atoms with van der Waals surface area (Å²) in [4.78, 5) is 31.0. The first kappa shape index (κ1) is 22.0. The van der Waals surface area contributed by atoms with E-state index in [1.165, 1.54) is 10.5 Å². The van der Waals surface area contributed by atoms with Gasteiger partial charge in [-0.3, -0.25) is 14.5 Å². The highest BCUT2D eigenvalue weighted by Gasteiger charge is 2.42. The average molecular weight is 453 g/mol. The molecule has 172 valence electrons. The summed E-state index contributed by atoms with van der Waals surface area (Å²) in [7, 11) is 0. The zero-order chi connectivity index (χ0) is 23.7. The monoisotopic (exact) mass is 452 g/mol. The average Bonchev–Trinajstić information content (AvgIpc) is 3.09. The molecule has 2 heterocycles. The smallest absolute Gasteiger partial charge is 0.278 e. The van der Waals surface area contributed by atoms with Crippen LogP contribution in [0.4, 0.5) is 5.69 Å². The zero-order valence-corrected chi connectivity index (χ0v) is 19.5. The van der Waals surface area contributed by atoms with E-state index in [0.29, 0.717) is 17.8 Å². The first-order chi connectivity index (χ1) is 16.5. The maximum atomic E-state index is 13.8. The third-order valence-electron chi connectivity index (χ3n) is 6.22. The van der Waals surface area contributed by atoms with Gasteiger partial charge in [0.2, 0.25) is 0 Å². The zero-order valence-electron chi connectivity index (χ0n) is 19.5. The minimum absolute atomic E-state index is 0.0570. The van der Waals surface area contributed by atoms with E-state index in [4.69, 9.17) is 4.74 Å². The van der Waals surface area contributed by atoms with Gasteiger partial charge in [0.25, 0.3) is 11.8 Å². The van der Waals surface area contributed by atoms with Gasteiger partial charge in [-0.1, -0.05) is 60.7 Å². The summed E-state index contributed by atoms with van der Waals surface area (Å²) >= 11 is 0. The van der Waals surface area contributed by atoms with Crippen LogP contribution in [0.3, 0.4) is 0 Å². The van der Waals surface area contributed by atoms with Gasteiger partial charge in [-0.2, -0.15) is 0 Å². The molecule has 2 aliphatic heterocycles. The molecule has 0 unspecified atom stereocenters. The molecule has 0 saturated heterocycles. The molecule has 0 fully saturated rings. The van der Waals surface area contributed by atoms with Gasteiger partial charge in [0.05, 0.1) is 18.2 Å². The first-order valence-electron chi connectivity index (χ1n) is 11.8. The van der Waals surface area contributed by atoms with Crippen LogP contribution in [0.5, 0.6) is 5.75 Å². The Morgan fingerprint density at radius 3 is 2.29 bits per heavy atom. The molecule has 2 amide bonds. The van der Waals surface area contributed by atoms with Gasteiger partial charge >= 0.3 is 0 Å². The molecule has 5 rings (SSSR count). The van der Waals surface area contributed by atoms with Crippen LogP contribution in [-0.2, 0) is 22.6 Å². The molecule has 3 aromatic rings. The van der Waals surface area contributed by atoms with E-state index in [9.17, 15) is 9.59 Å². The summed E-state index contributed by atoms with van der Waals surface area (Å²) in [6.45, 7) is 4.89. The topological polar surface area (TPSA) is 49.9 Å². The summed E-state index contributed by atoms with van der Waals surface area (Å²) in [5.41, 5.74) is 4.76. The number of rotatable bonds is 6. The number of para-hydroxylation sites is 1. The third-order valence-corrected chi connectivity index (χ3v) is 6.22. The van der Waals surface area contributed by atoms with Gasteiger partial charge in [-0.05, 0) is 61.6 Å². The molecule has 0 saturated carbocycles. The molecule has 0 N–H and O–H groups in total. The van der Waals surface area contributed by atoms with E-state index in [1.54, 1.807) is 0 Å².